The van der Waals surface area contributed by atoms with E-state index >= 15 is 0 Å². The van der Waals surface area contributed by atoms with Gasteiger partial charge in [-0.3, -0.25) is 28.8 Å². The number of nitrogens with zero attached hydrogens (tertiary/aromatic N) is 3. The topological polar surface area (TPSA) is 108 Å². The molecule has 2 aromatic heterocycles. The van der Waals surface area contributed by atoms with Gasteiger partial charge < -0.3 is 10.5 Å². The molecule has 2 N–H and O–H groups in total. The van der Waals surface area contributed by atoms with E-state index in [1.807, 2.05) is 24.3 Å². The molecule has 0 bridgehead atoms. The third kappa shape index (κ3) is 3.18. The lowest BCUT2D eigenvalue weighted by atomic mass is 9.85. The SMILES string of the molecule is COc1ccc2c(c1)C(N)(C(=O)c1cc3c4ccccc4n(C(C)=O)c3cn1)C(=O)N2c1ccc(F)cc1. The van der Waals surface area contributed by atoms with Crippen molar-refractivity contribution in [1.29, 1.82) is 0 Å². The van der Waals surface area contributed by atoms with Crippen molar-refractivity contribution in [3.05, 3.63) is 96.1 Å². The first-order valence-corrected chi connectivity index (χ1v) is 11.8. The average molecular weight is 509 g/mol. The standard InChI is InChI=1S/C29H21FN4O4/c1-16(35)33-24-6-4-3-5-20(24)21-14-23(32-15-26(21)33)27(36)29(31)22-13-19(38-2)11-12-25(22)34(28(29)37)18-9-7-17(30)8-10-18/h3-15H,31H2,1-2H3. The summed E-state index contributed by atoms with van der Waals surface area (Å²) < 4.78 is 20.5. The molecule has 1 unspecified atom stereocenters. The zero-order valence-corrected chi connectivity index (χ0v) is 20.4. The number of hydrogen-bond acceptors (Lipinski definition) is 6. The maximum atomic E-state index is 14.1. The summed E-state index contributed by atoms with van der Waals surface area (Å²) in [6, 6.07) is 19.0. The van der Waals surface area contributed by atoms with Crippen LogP contribution in [0.2, 0.25) is 0 Å². The second-order valence-corrected chi connectivity index (χ2v) is 9.10. The van der Waals surface area contributed by atoms with Crippen molar-refractivity contribution in [2.75, 3.05) is 12.0 Å². The highest BCUT2D eigenvalue weighted by atomic mass is 19.1. The minimum atomic E-state index is -2.13. The lowest BCUT2D eigenvalue weighted by Crippen LogP contribution is -2.52. The normalized spacial score (nSPS) is 16.7. The Balaban J connectivity index is 1.54. The number of Topliss-reactive ketones (excluding diaryl/α,β-unsaturated/α-hetero) is 1. The quantitative estimate of drug-likeness (QED) is 0.278. The van der Waals surface area contributed by atoms with E-state index in [-0.39, 0.29) is 17.2 Å². The Morgan fingerprint density at radius 2 is 1.71 bits per heavy atom. The Bertz CT molecular complexity index is 1810. The molecule has 1 aliphatic rings. The summed E-state index contributed by atoms with van der Waals surface area (Å²) in [7, 11) is 1.47. The summed E-state index contributed by atoms with van der Waals surface area (Å²) in [4.78, 5) is 46.1. The van der Waals surface area contributed by atoms with Crippen LogP contribution in [0.15, 0.2) is 79.0 Å². The van der Waals surface area contributed by atoms with Crippen molar-refractivity contribution in [2.24, 2.45) is 5.73 Å². The van der Waals surface area contributed by atoms with Crippen LogP contribution in [0.5, 0.6) is 5.75 Å². The number of hydrogen-bond donors (Lipinski definition) is 1. The number of aromatic nitrogens is 2. The first-order chi connectivity index (χ1) is 18.3. The van der Waals surface area contributed by atoms with Gasteiger partial charge in [0.1, 0.15) is 17.3 Å². The first-order valence-electron chi connectivity index (χ1n) is 11.8. The maximum Gasteiger partial charge on any atom is 0.264 e. The van der Waals surface area contributed by atoms with Gasteiger partial charge >= 0.3 is 0 Å². The largest absolute Gasteiger partial charge is 0.497 e. The number of benzene rings is 3. The maximum absolute atomic E-state index is 14.1. The van der Waals surface area contributed by atoms with Crippen LogP contribution in [0.3, 0.4) is 0 Å². The molecular weight excluding hydrogens is 487 g/mol. The van der Waals surface area contributed by atoms with Crippen LogP contribution in [0.1, 0.15) is 27.8 Å². The molecular formula is C29H21FN4O4. The van der Waals surface area contributed by atoms with Gasteiger partial charge in [0.05, 0.1) is 30.0 Å². The highest BCUT2D eigenvalue weighted by Crippen LogP contribution is 2.46. The highest BCUT2D eigenvalue weighted by Gasteiger charge is 2.55. The smallest absolute Gasteiger partial charge is 0.264 e. The van der Waals surface area contributed by atoms with Crippen molar-refractivity contribution in [3.63, 3.8) is 0 Å². The summed E-state index contributed by atoms with van der Waals surface area (Å²) in [5.74, 6) is -1.68. The van der Waals surface area contributed by atoms with Gasteiger partial charge in [-0.15, -0.1) is 0 Å². The number of amides is 1. The van der Waals surface area contributed by atoms with Crippen LogP contribution in [-0.4, -0.2) is 34.3 Å². The molecule has 0 saturated heterocycles. The average Bonchev–Trinajstić information content (AvgIpc) is 3.38. The molecule has 0 saturated carbocycles. The van der Waals surface area contributed by atoms with Crippen LogP contribution in [0.4, 0.5) is 15.8 Å². The number of halogens is 1. The van der Waals surface area contributed by atoms with Gasteiger partial charge in [-0.05, 0) is 54.6 Å². The summed E-state index contributed by atoms with van der Waals surface area (Å²) >= 11 is 0. The van der Waals surface area contributed by atoms with E-state index in [0.717, 1.165) is 5.39 Å². The number of ketones is 1. The Morgan fingerprint density at radius 3 is 2.42 bits per heavy atom. The van der Waals surface area contributed by atoms with E-state index in [9.17, 15) is 18.8 Å². The highest BCUT2D eigenvalue weighted by molar-refractivity contribution is 6.28. The van der Waals surface area contributed by atoms with E-state index < -0.39 is 23.0 Å². The molecule has 8 nitrogen and oxygen atoms in total. The van der Waals surface area contributed by atoms with Crippen LogP contribution in [0.25, 0.3) is 21.8 Å². The Morgan fingerprint density at radius 1 is 0.974 bits per heavy atom. The van der Waals surface area contributed by atoms with Gasteiger partial charge in [0.15, 0.2) is 5.54 Å². The number of rotatable bonds is 4. The number of fused-ring (bicyclic) bond motifs is 4. The van der Waals surface area contributed by atoms with Crippen molar-refractivity contribution in [2.45, 2.75) is 12.5 Å². The van der Waals surface area contributed by atoms with E-state index in [0.29, 0.717) is 33.5 Å². The monoisotopic (exact) mass is 508 g/mol. The van der Waals surface area contributed by atoms with Crippen LogP contribution in [0, 0.1) is 5.82 Å². The third-order valence-corrected chi connectivity index (χ3v) is 6.96. The van der Waals surface area contributed by atoms with Gasteiger partial charge in [0, 0.05) is 28.9 Å². The molecule has 0 spiro atoms. The van der Waals surface area contributed by atoms with E-state index in [4.69, 9.17) is 10.5 Å². The van der Waals surface area contributed by atoms with Gasteiger partial charge in [-0.1, -0.05) is 18.2 Å². The van der Waals surface area contributed by atoms with Gasteiger partial charge in [-0.2, -0.15) is 0 Å². The predicted octanol–water partition coefficient (Wildman–Crippen LogP) is 4.71. The molecule has 9 heteroatoms. The fourth-order valence-electron chi connectivity index (χ4n) is 5.15. The number of methoxy groups -OCH3 is 1. The number of carbonyl (C=O) groups excluding carboxylic acids is 3. The van der Waals surface area contributed by atoms with Crippen molar-refractivity contribution < 1.29 is 23.5 Å². The van der Waals surface area contributed by atoms with Crippen LogP contribution >= 0.6 is 0 Å². The van der Waals surface area contributed by atoms with Crippen molar-refractivity contribution >= 4 is 50.8 Å². The van der Waals surface area contributed by atoms with Gasteiger partial charge in [0.25, 0.3) is 5.91 Å². The molecule has 3 aromatic carbocycles. The number of anilines is 2. The van der Waals surface area contributed by atoms with Crippen LogP contribution in [-0.2, 0) is 10.3 Å². The van der Waals surface area contributed by atoms with Crippen molar-refractivity contribution in [1.82, 2.24) is 9.55 Å². The fraction of sp³-hybridized carbons (Fsp3) is 0.103. The summed E-state index contributed by atoms with van der Waals surface area (Å²) in [6.07, 6.45) is 1.44. The van der Waals surface area contributed by atoms with E-state index in [2.05, 4.69) is 4.98 Å². The molecule has 0 fully saturated rings. The Labute approximate surface area is 216 Å². The molecule has 1 atom stereocenters. The number of nitrogens with two attached hydrogens (primary N) is 1. The molecule has 188 valence electrons. The number of pyridine rings is 1. The lowest BCUT2D eigenvalue weighted by molar-refractivity contribution is -0.120. The molecule has 0 radical (unpaired) electrons. The molecule has 38 heavy (non-hydrogen) atoms. The summed E-state index contributed by atoms with van der Waals surface area (Å²) in [5, 5.41) is 1.39. The minimum Gasteiger partial charge on any atom is -0.497 e. The van der Waals surface area contributed by atoms with E-state index in [1.165, 1.54) is 54.0 Å². The summed E-state index contributed by atoms with van der Waals surface area (Å²) in [5.41, 5.74) is 6.75. The third-order valence-electron chi connectivity index (χ3n) is 6.96. The summed E-state index contributed by atoms with van der Waals surface area (Å²) in [6.45, 7) is 1.45. The van der Waals surface area contributed by atoms with E-state index in [1.54, 1.807) is 24.3 Å². The molecule has 6 rings (SSSR count). The molecule has 0 aliphatic carbocycles. The second-order valence-electron chi connectivity index (χ2n) is 9.10. The Kier molecular flexibility index (Phi) is 5.15. The fourth-order valence-corrected chi connectivity index (χ4v) is 5.15. The zero-order chi connectivity index (χ0) is 26.8. The van der Waals surface area contributed by atoms with Crippen molar-refractivity contribution in [3.8, 4) is 5.75 Å². The number of carbonyl (C=O) groups is 3. The van der Waals surface area contributed by atoms with Crippen LogP contribution < -0.4 is 15.4 Å². The number of ether oxygens (including phenoxy) is 1. The zero-order valence-electron chi connectivity index (χ0n) is 20.4. The Hall–Kier alpha value is -4.89. The number of para-hydroxylation sites is 1. The predicted molar refractivity (Wildman–Crippen MR) is 140 cm³/mol. The second kappa shape index (κ2) is 8.32. The molecule has 1 amide bonds. The first kappa shape index (κ1) is 23.5. The molecule has 5 aromatic rings. The molecule has 1 aliphatic heterocycles. The van der Waals surface area contributed by atoms with Gasteiger partial charge in [0.2, 0.25) is 11.7 Å². The van der Waals surface area contributed by atoms with Gasteiger partial charge in [-0.25, -0.2) is 4.39 Å². The minimum absolute atomic E-state index is 0.0328. The molecule has 3 heterocycles. The lowest BCUT2D eigenvalue weighted by Gasteiger charge is -2.23.